The molecule has 2 aromatic carbocycles. The number of ether oxygens (including phenoxy) is 1. The highest BCUT2D eigenvalue weighted by molar-refractivity contribution is 7.12. The summed E-state index contributed by atoms with van der Waals surface area (Å²) in [6, 6.07) is 17.2. The Morgan fingerprint density at radius 1 is 1.06 bits per heavy atom. The number of alkyl halides is 3. The number of halogens is 3. The van der Waals surface area contributed by atoms with Crippen molar-refractivity contribution in [3.63, 3.8) is 0 Å². The van der Waals surface area contributed by atoms with Crippen LogP contribution < -0.4 is 10.1 Å². The van der Waals surface area contributed by atoms with Crippen molar-refractivity contribution in [2.24, 2.45) is 0 Å². The van der Waals surface area contributed by atoms with Gasteiger partial charge in [0.15, 0.2) is 0 Å². The van der Waals surface area contributed by atoms with Gasteiger partial charge in [-0.1, -0.05) is 55.3 Å². The van der Waals surface area contributed by atoms with Gasteiger partial charge in [0.1, 0.15) is 22.8 Å². The highest BCUT2D eigenvalue weighted by Crippen LogP contribution is 2.43. The summed E-state index contributed by atoms with van der Waals surface area (Å²) in [6.45, 7) is 0.452. The number of carboxylic acid groups (broad SMARTS) is 1. The molecule has 0 saturated heterocycles. The van der Waals surface area contributed by atoms with Crippen LogP contribution in [0.1, 0.15) is 41.0 Å². The van der Waals surface area contributed by atoms with E-state index in [1.54, 1.807) is 42.5 Å². The van der Waals surface area contributed by atoms with Crippen LogP contribution in [-0.4, -0.2) is 16.6 Å². The van der Waals surface area contributed by atoms with Gasteiger partial charge >= 0.3 is 12.1 Å². The van der Waals surface area contributed by atoms with Crippen LogP contribution in [0, 0.1) is 0 Å². The first kappa shape index (κ1) is 23.3. The number of nitrogens with one attached hydrogen (secondary N) is 1. The van der Waals surface area contributed by atoms with Gasteiger partial charge in [0.2, 0.25) is 0 Å². The summed E-state index contributed by atoms with van der Waals surface area (Å²) in [7, 11) is 0. The van der Waals surface area contributed by atoms with E-state index in [1.165, 1.54) is 6.07 Å². The van der Waals surface area contributed by atoms with Gasteiger partial charge in [-0.15, -0.1) is 11.3 Å². The molecule has 4 nitrogen and oxygen atoms in total. The van der Waals surface area contributed by atoms with Gasteiger partial charge < -0.3 is 9.84 Å². The summed E-state index contributed by atoms with van der Waals surface area (Å²) >= 11 is 0.693. The smallest absolute Gasteiger partial charge is 0.426 e. The maximum atomic E-state index is 13.5. The molecule has 0 atom stereocenters. The van der Waals surface area contributed by atoms with Crippen molar-refractivity contribution in [2.75, 3.05) is 0 Å². The molecule has 0 spiro atoms. The molecule has 1 fully saturated rings. The Morgan fingerprint density at radius 2 is 1.73 bits per heavy atom. The molecule has 174 valence electrons. The van der Waals surface area contributed by atoms with Crippen LogP contribution in [0.25, 0.3) is 11.1 Å². The molecule has 1 heterocycles. The topological polar surface area (TPSA) is 58.6 Å². The molecule has 33 heavy (non-hydrogen) atoms. The number of carbonyl (C=O) groups is 1. The van der Waals surface area contributed by atoms with E-state index in [4.69, 9.17) is 4.74 Å². The van der Waals surface area contributed by atoms with E-state index in [-0.39, 0.29) is 12.2 Å². The van der Waals surface area contributed by atoms with Gasteiger partial charge in [0.05, 0.1) is 0 Å². The summed E-state index contributed by atoms with van der Waals surface area (Å²) in [5.41, 5.74) is 0.732. The highest BCUT2D eigenvalue weighted by atomic mass is 32.1. The van der Waals surface area contributed by atoms with E-state index in [2.05, 4.69) is 5.32 Å². The second-order valence-corrected chi connectivity index (χ2v) is 9.34. The highest BCUT2D eigenvalue weighted by Gasteiger charge is 2.40. The minimum Gasteiger partial charge on any atom is -0.488 e. The molecule has 8 heteroatoms. The van der Waals surface area contributed by atoms with Gasteiger partial charge in [0.25, 0.3) is 0 Å². The average molecular weight is 476 g/mol. The summed E-state index contributed by atoms with van der Waals surface area (Å²) < 4.78 is 46.4. The van der Waals surface area contributed by atoms with Crippen LogP contribution in [-0.2, 0) is 24.1 Å². The molecule has 2 N–H and O–H groups in total. The van der Waals surface area contributed by atoms with Crippen LogP contribution in [0.4, 0.5) is 13.2 Å². The summed E-state index contributed by atoms with van der Waals surface area (Å²) in [4.78, 5) is 11.5. The molecule has 3 aromatic rings. The fourth-order valence-corrected chi connectivity index (χ4v) is 5.09. The van der Waals surface area contributed by atoms with Crippen molar-refractivity contribution >= 4 is 17.3 Å². The summed E-state index contributed by atoms with van der Waals surface area (Å²) in [5.74, 6) is -0.278. The van der Waals surface area contributed by atoms with E-state index in [1.807, 2.05) is 12.1 Å². The minimum atomic E-state index is -4.44. The Labute approximate surface area is 194 Å². The van der Waals surface area contributed by atoms with Crippen LogP contribution in [0.15, 0.2) is 60.7 Å². The lowest BCUT2D eigenvalue weighted by molar-refractivity contribution is -0.144. The minimum absolute atomic E-state index is 0.0281. The second-order valence-electron chi connectivity index (χ2n) is 8.20. The van der Waals surface area contributed by atoms with E-state index in [9.17, 15) is 23.1 Å². The van der Waals surface area contributed by atoms with Gasteiger partial charge in [-0.3, -0.25) is 10.1 Å². The normalized spacial score (nSPS) is 15.5. The molecule has 0 radical (unpaired) electrons. The third-order valence-corrected chi connectivity index (χ3v) is 7.08. The van der Waals surface area contributed by atoms with Crippen molar-refractivity contribution < 1.29 is 27.8 Å². The van der Waals surface area contributed by atoms with E-state index >= 15 is 0 Å². The molecule has 1 saturated carbocycles. The Kier molecular flexibility index (Phi) is 6.76. The molecule has 1 aliphatic rings. The maximum absolute atomic E-state index is 13.5. The monoisotopic (exact) mass is 475 g/mol. The third-order valence-electron chi connectivity index (χ3n) is 5.93. The number of benzene rings is 2. The van der Waals surface area contributed by atoms with Crippen LogP contribution in [0.3, 0.4) is 0 Å². The average Bonchev–Trinajstić information content (AvgIpc) is 3.46. The number of rotatable bonds is 8. The first-order valence-corrected chi connectivity index (χ1v) is 11.5. The second kappa shape index (κ2) is 9.57. The van der Waals surface area contributed by atoms with Crippen molar-refractivity contribution in [3.8, 4) is 16.9 Å². The SMILES string of the molecule is O=C(O)C1(NCc2ccc(OCc3cc(-c4ccccc4)c(C(F)(F)F)s3)cc2)CCCC1. The zero-order valence-corrected chi connectivity index (χ0v) is 18.6. The molecule has 0 aliphatic heterocycles. The van der Waals surface area contributed by atoms with Gasteiger partial charge in [-0.2, -0.15) is 13.2 Å². The van der Waals surface area contributed by atoms with Crippen molar-refractivity contribution in [1.82, 2.24) is 5.32 Å². The number of thiophene rings is 1. The maximum Gasteiger partial charge on any atom is 0.426 e. The number of aliphatic carboxylic acids is 1. The molecule has 0 bridgehead atoms. The predicted molar refractivity (Wildman–Crippen MR) is 121 cm³/mol. The fraction of sp³-hybridized carbons (Fsp3) is 0.320. The van der Waals surface area contributed by atoms with Gasteiger partial charge in [-0.25, -0.2) is 0 Å². The molecule has 1 aromatic heterocycles. The molecule has 1 aliphatic carbocycles. The zero-order valence-electron chi connectivity index (χ0n) is 17.8. The Morgan fingerprint density at radius 3 is 2.33 bits per heavy atom. The van der Waals surface area contributed by atoms with Crippen molar-refractivity contribution in [2.45, 2.75) is 50.6 Å². The molecule has 4 rings (SSSR count). The van der Waals surface area contributed by atoms with Crippen LogP contribution in [0.2, 0.25) is 0 Å². The lowest BCUT2D eigenvalue weighted by Gasteiger charge is -2.25. The third kappa shape index (κ3) is 5.39. The van der Waals surface area contributed by atoms with E-state index in [0.717, 1.165) is 18.4 Å². The quantitative estimate of drug-likeness (QED) is 0.390. The molecular formula is C25H24F3NO3S. The lowest BCUT2D eigenvalue weighted by atomic mass is 9.97. The van der Waals surface area contributed by atoms with Crippen molar-refractivity contribution in [3.05, 3.63) is 76.0 Å². The summed E-state index contributed by atoms with van der Waals surface area (Å²) in [6.07, 6.45) is -1.40. The lowest BCUT2D eigenvalue weighted by Crippen LogP contribution is -2.49. The van der Waals surface area contributed by atoms with Crippen LogP contribution in [0.5, 0.6) is 5.75 Å². The van der Waals surface area contributed by atoms with Gasteiger partial charge in [0, 0.05) is 17.0 Å². The van der Waals surface area contributed by atoms with E-state index in [0.29, 0.717) is 46.9 Å². The standard InChI is InChI=1S/C25H24F3NO3S/c26-25(27,28)22-21(18-6-2-1-3-7-18)14-20(33-22)16-32-19-10-8-17(9-11-19)15-29-24(23(30)31)12-4-5-13-24/h1-3,6-11,14,29H,4-5,12-13,15-16H2,(H,30,31). The first-order valence-electron chi connectivity index (χ1n) is 10.7. The predicted octanol–water partition coefficient (Wildman–Crippen LogP) is 6.50. The number of carboxylic acids is 1. The largest absolute Gasteiger partial charge is 0.488 e. The number of hydrogen-bond acceptors (Lipinski definition) is 4. The fourth-order valence-electron chi connectivity index (χ4n) is 4.13. The van der Waals surface area contributed by atoms with Gasteiger partial charge in [-0.05, 0) is 42.2 Å². The molecule has 0 amide bonds. The molecular weight excluding hydrogens is 451 g/mol. The Balaban J connectivity index is 1.40. The molecule has 0 unspecified atom stereocenters. The Hall–Kier alpha value is -2.84. The summed E-state index contributed by atoms with van der Waals surface area (Å²) in [5, 5.41) is 12.7. The zero-order chi connectivity index (χ0) is 23.5. The van der Waals surface area contributed by atoms with E-state index < -0.39 is 22.6 Å². The number of hydrogen-bond donors (Lipinski definition) is 2. The Bertz CT molecular complexity index is 1090. The van der Waals surface area contributed by atoms with Crippen LogP contribution >= 0.6 is 11.3 Å². The first-order chi connectivity index (χ1) is 15.8. The van der Waals surface area contributed by atoms with Crippen molar-refractivity contribution in [1.29, 1.82) is 0 Å².